The zero-order chi connectivity index (χ0) is 33.0. The second kappa shape index (κ2) is 13.8. The molecule has 240 valence electrons. The Hall–Kier alpha value is -4.58. The minimum absolute atomic E-state index is 0.00604. The van der Waals surface area contributed by atoms with Crippen LogP contribution in [-0.4, -0.2) is 69.4 Å². The van der Waals surface area contributed by atoms with Crippen LogP contribution in [0.25, 0.3) is 11.1 Å². The molecular weight excluding hydrogens is 617 g/mol. The van der Waals surface area contributed by atoms with Gasteiger partial charge in [-0.2, -0.15) is 0 Å². The predicted molar refractivity (Wildman–Crippen MR) is 168 cm³/mol. The number of halogens is 3. The summed E-state index contributed by atoms with van der Waals surface area (Å²) < 4.78 is 43.5. The fourth-order valence-electron chi connectivity index (χ4n) is 5.78. The summed E-state index contributed by atoms with van der Waals surface area (Å²) >= 11 is 1.36. The molecule has 0 aliphatic carbocycles. The van der Waals surface area contributed by atoms with Crippen molar-refractivity contribution in [3.05, 3.63) is 99.8 Å². The first-order valence-corrected chi connectivity index (χ1v) is 15.8. The molecule has 1 aliphatic heterocycles. The minimum Gasteiger partial charge on any atom is -0.406 e. The number of alkyl halides is 3. The molecule has 12 heteroatoms. The van der Waals surface area contributed by atoms with Crippen LogP contribution in [0.3, 0.4) is 0 Å². The Kier molecular flexibility index (Phi) is 9.85. The molecule has 1 aliphatic rings. The number of pyridine rings is 1. The molecule has 0 N–H and O–H groups in total. The number of likely N-dealkylation sites (tertiary alicyclic amines) is 1. The van der Waals surface area contributed by atoms with Gasteiger partial charge in [-0.1, -0.05) is 36.4 Å². The van der Waals surface area contributed by atoms with Gasteiger partial charge < -0.3 is 14.5 Å². The molecule has 2 aromatic heterocycles. The molecule has 0 saturated carbocycles. The van der Waals surface area contributed by atoms with Gasteiger partial charge in [0, 0.05) is 37.1 Å². The number of piperidine rings is 1. The zero-order valence-corrected chi connectivity index (χ0v) is 26.4. The standard InChI is InChI=1S/C34H33F3N4O4S/c1-4-41(22(3)30(42)27-12-8-9-15-38-27)33(44)28-20-46-31(39-28)24-13-16-40(17-14-24)32(43)26-19-25(45-34(35,36)37)18-21(2)29(26)23-10-6-5-7-11-23/h5-12,15,18-20,22,24H,4,13-14,16-17H2,1-3H3. The maximum absolute atomic E-state index is 13.8. The van der Waals surface area contributed by atoms with Crippen molar-refractivity contribution in [2.45, 2.75) is 51.9 Å². The van der Waals surface area contributed by atoms with E-state index in [-0.39, 0.29) is 40.5 Å². The largest absolute Gasteiger partial charge is 0.573 e. The Morgan fingerprint density at radius 3 is 2.37 bits per heavy atom. The number of ether oxygens (including phenoxy) is 1. The van der Waals surface area contributed by atoms with Gasteiger partial charge in [0.1, 0.15) is 17.1 Å². The van der Waals surface area contributed by atoms with Gasteiger partial charge >= 0.3 is 6.36 Å². The normalized spacial score (nSPS) is 14.5. The molecule has 5 rings (SSSR count). The molecule has 1 atom stereocenters. The predicted octanol–water partition coefficient (Wildman–Crippen LogP) is 7.17. The molecule has 46 heavy (non-hydrogen) atoms. The van der Waals surface area contributed by atoms with Gasteiger partial charge in [0.15, 0.2) is 0 Å². The summed E-state index contributed by atoms with van der Waals surface area (Å²) in [5.74, 6) is -1.44. The van der Waals surface area contributed by atoms with E-state index in [1.165, 1.54) is 28.5 Å². The number of Topliss-reactive ketones (excluding diaryl/α,β-unsaturated/α-hetero) is 1. The SMILES string of the molecule is CCN(C(=O)c1csc(C2CCN(C(=O)c3cc(OC(F)(F)F)cc(C)c3-c3ccccc3)CC2)n1)C(C)C(=O)c1ccccn1. The fourth-order valence-corrected chi connectivity index (χ4v) is 6.75. The van der Waals surface area contributed by atoms with E-state index >= 15 is 0 Å². The van der Waals surface area contributed by atoms with Gasteiger partial charge in [0.2, 0.25) is 5.78 Å². The smallest absolute Gasteiger partial charge is 0.406 e. The lowest BCUT2D eigenvalue weighted by molar-refractivity contribution is -0.274. The molecule has 0 radical (unpaired) electrons. The Balaban J connectivity index is 1.30. The van der Waals surface area contributed by atoms with E-state index in [1.807, 2.05) is 18.2 Å². The maximum atomic E-state index is 13.8. The molecular formula is C34H33F3N4O4S. The maximum Gasteiger partial charge on any atom is 0.573 e. The third kappa shape index (κ3) is 7.28. The number of carbonyl (C=O) groups excluding carboxylic acids is 3. The first-order chi connectivity index (χ1) is 22.0. The third-order valence-electron chi connectivity index (χ3n) is 8.07. The Bertz CT molecular complexity index is 1700. The lowest BCUT2D eigenvalue weighted by atomic mass is 9.92. The van der Waals surface area contributed by atoms with Crippen LogP contribution in [0.1, 0.15) is 74.5 Å². The number of benzene rings is 2. The summed E-state index contributed by atoms with van der Waals surface area (Å²) in [7, 11) is 0. The summed E-state index contributed by atoms with van der Waals surface area (Å²) in [5, 5.41) is 2.45. The van der Waals surface area contributed by atoms with Gasteiger partial charge in [-0.05, 0) is 74.6 Å². The average molecular weight is 651 g/mol. The topological polar surface area (TPSA) is 92.7 Å². The summed E-state index contributed by atoms with van der Waals surface area (Å²) in [6.45, 7) is 6.17. The van der Waals surface area contributed by atoms with Crippen LogP contribution < -0.4 is 4.74 Å². The summed E-state index contributed by atoms with van der Waals surface area (Å²) in [6, 6.07) is 15.8. The van der Waals surface area contributed by atoms with Crippen molar-refractivity contribution in [2.24, 2.45) is 0 Å². The second-order valence-corrected chi connectivity index (χ2v) is 12.0. The fraction of sp³-hybridized carbons (Fsp3) is 0.324. The summed E-state index contributed by atoms with van der Waals surface area (Å²) in [4.78, 5) is 52.0. The molecule has 1 fully saturated rings. The Labute approximate surface area is 268 Å². The van der Waals surface area contributed by atoms with Gasteiger partial charge in [0.05, 0.1) is 16.6 Å². The van der Waals surface area contributed by atoms with E-state index < -0.39 is 18.2 Å². The van der Waals surface area contributed by atoms with Crippen molar-refractivity contribution in [1.82, 2.24) is 19.8 Å². The van der Waals surface area contributed by atoms with Crippen LogP contribution in [0.15, 0.2) is 72.2 Å². The number of hydrogen-bond acceptors (Lipinski definition) is 7. The number of rotatable bonds is 9. The van der Waals surface area contributed by atoms with E-state index in [1.54, 1.807) is 61.4 Å². The van der Waals surface area contributed by atoms with Crippen molar-refractivity contribution in [3.8, 4) is 16.9 Å². The highest BCUT2D eigenvalue weighted by Gasteiger charge is 2.34. The third-order valence-corrected chi connectivity index (χ3v) is 9.08. The van der Waals surface area contributed by atoms with Crippen LogP contribution in [0.4, 0.5) is 13.2 Å². The molecule has 2 amide bonds. The lowest BCUT2D eigenvalue weighted by Gasteiger charge is -2.32. The minimum atomic E-state index is -4.89. The van der Waals surface area contributed by atoms with Crippen molar-refractivity contribution in [1.29, 1.82) is 0 Å². The van der Waals surface area contributed by atoms with Crippen LogP contribution in [0, 0.1) is 6.92 Å². The van der Waals surface area contributed by atoms with E-state index in [4.69, 9.17) is 0 Å². The van der Waals surface area contributed by atoms with E-state index in [2.05, 4.69) is 14.7 Å². The molecule has 3 heterocycles. The first-order valence-electron chi connectivity index (χ1n) is 14.9. The highest BCUT2D eigenvalue weighted by atomic mass is 32.1. The Morgan fingerprint density at radius 2 is 1.74 bits per heavy atom. The highest BCUT2D eigenvalue weighted by molar-refractivity contribution is 7.09. The van der Waals surface area contributed by atoms with Crippen LogP contribution in [0.2, 0.25) is 0 Å². The highest BCUT2D eigenvalue weighted by Crippen LogP contribution is 2.36. The number of aryl methyl sites for hydroxylation is 1. The van der Waals surface area contributed by atoms with Crippen LogP contribution >= 0.6 is 11.3 Å². The quantitative estimate of drug-likeness (QED) is 0.179. The molecule has 4 aromatic rings. The lowest BCUT2D eigenvalue weighted by Crippen LogP contribution is -2.43. The number of ketones is 1. The monoisotopic (exact) mass is 650 g/mol. The van der Waals surface area contributed by atoms with Gasteiger partial charge in [-0.15, -0.1) is 24.5 Å². The number of likely N-dealkylation sites (N-methyl/N-ethyl adjacent to an activating group) is 1. The number of thiazole rings is 1. The van der Waals surface area contributed by atoms with Crippen LogP contribution in [0.5, 0.6) is 5.75 Å². The molecule has 2 aromatic carbocycles. The number of amides is 2. The number of nitrogens with zero attached hydrogens (tertiary/aromatic N) is 4. The van der Waals surface area contributed by atoms with Crippen LogP contribution in [-0.2, 0) is 0 Å². The molecule has 1 unspecified atom stereocenters. The van der Waals surface area contributed by atoms with E-state index in [0.29, 0.717) is 49.2 Å². The Morgan fingerprint density at radius 1 is 1.04 bits per heavy atom. The zero-order valence-electron chi connectivity index (χ0n) is 25.6. The average Bonchev–Trinajstić information content (AvgIpc) is 3.55. The van der Waals surface area contributed by atoms with E-state index in [0.717, 1.165) is 11.1 Å². The van der Waals surface area contributed by atoms with Gasteiger partial charge in [0.25, 0.3) is 11.8 Å². The number of carbonyl (C=O) groups is 3. The summed E-state index contributed by atoms with van der Waals surface area (Å²) in [6.07, 6.45) is -2.23. The number of aromatic nitrogens is 2. The van der Waals surface area contributed by atoms with Gasteiger partial charge in [-0.25, -0.2) is 4.98 Å². The van der Waals surface area contributed by atoms with Crippen molar-refractivity contribution in [3.63, 3.8) is 0 Å². The molecule has 0 bridgehead atoms. The molecule has 8 nitrogen and oxygen atoms in total. The number of hydrogen-bond donors (Lipinski definition) is 0. The van der Waals surface area contributed by atoms with Crippen molar-refractivity contribution < 1.29 is 32.3 Å². The first kappa shape index (κ1) is 32.8. The van der Waals surface area contributed by atoms with E-state index in [9.17, 15) is 27.6 Å². The van der Waals surface area contributed by atoms with Crippen molar-refractivity contribution in [2.75, 3.05) is 19.6 Å². The second-order valence-electron chi connectivity index (χ2n) is 11.1. The molecule has 0 spiro atoms. The molecule has 1 saturated heterocycles. The summed E-state index contributed by atoms with van der Waals surface area (Å²) in [5.41, 5.74) is 2.44. The van der Waals surface area contributed by atoms with Gasteiger partial charge in [-0.3, -0.25) is 19.4 Å². The van der Waals surface area contributed by atoms with Crippen molar-refractivity contribution >= 4 is 28.9 Å².